The van der Waals surface area contributed by atoms with Gasteiger partial charge in [-0.2, -0.15) is 26.0 Å². The van der Waals surface area contributed by atoms with Gasteiger partial charge in [0, 0.05) is 0 Å². The van der Waals surface area contributed by atoms with Gasteiger partial charge in [-0.25, -0.2) is 8.42 Å². The molecular weight excluding hydrogens is 316 g/mol. The van der Waals surface area contributed by atoms with Crippen LogP contribution >= 0.6 is 0 Å². The average Bonchev–Trinajstić information content (AvgIpc) is 2.28. The maximum Gasteiger partial charge on any atom is 0.447 e. The largest absolute Gasteiger partial charge is 0.447 e. The Hall–Kier alpha value is -1.20. The first-order valence-corrected chi connectivity index (χ1v) is 7.30. The van der Waals surface area contributed by atoms with E-state index in [1.54, 1.807) is 0 Å². The minimum atomic E-state index is -6.61. The molecule has 11 heteroatoms. The van der Waals surface area contributed by atoms with Gasteiger partial charge in [-0.3, -0.25) is 4.55 Å². The Balaban J connectivity index is 3.53. The number of hydrogen-bond acceptors (Lipinski definition) is 4. The molecule has 0 fully saturated rings. The fraction of sp³-hybridized carbons (Fsp3) is 0.250. The highest BCUT2D eigenvalue weighted by Gasteiger charge is 2.73. The molecule has 0 amide bonds. The van der Waals surface area contributed by atoms with E-state index in [0.717, 1.165) is 12.1 Å². The van der Waals surface area contributed by atoms with E-state index in [2.05, 4.69) is 0 Å². The van der Waals surface area contributed by atoms with Gasteiger partial charge in [-0.15, -0.1) is 0 Å². The van der Waals surface area contributed by atoms with Crippen LogP contribution in [-0.2, 0) is 20.0 Å². The second kappa shape index (κ2) is 4.42. The lowest BCUT2D eigenvalue weighted by molar-refractivity contribution is -0.101. The van der Waals surface area contributed by atoms with E-state index in [0.29, 0.717) is 12.1 Å². The Morgan fingerprint density at radius 1 is 0.842 bits per heavy atom. The second-order valence-corrected chi connectivity index (χ2v) is 6.78. The van der Waals surface area contributed by atoms with Crippen molar-refractivity contribution in [3.05, 3.63) is 30.3 Å². The highest BCUT2D eigenvalue weighted by molar-refractivity contribution is 7.94. The minimum absolute atomic E-state index is 0.587. The molecule has 1 aromatic rings. The Bertz CT molecular complexity index is 666. The molecule has 1 aromatic carbocycles. The summed E-state index contributed by atoms with van der Waals surface area (Å²) in [6.07, 6.45) is 0. The predicted molar refractivity (Wildman–Crippen MR) is 55.1 cm³/mol. The molecule has 5 nitrogen and oxygen atoms in total. The molecule has 0 atom stereocenters. The van der Waals surface area contributed by atoms with Crippen LogP contribution in [0.5, 0.6) is 0 Å². The quantitative estimate of drug-likeness (QED) is 0.671. The zero-order valence-corrected chi connectivity index (χ0v) is 10.4. The van der Waals surface area contributed by atoms with E-state index < -0.39 is 35.4 Å². The molecule has 0 radical (unpaired) electrons. The Morgan fingerprint density at radius 2 is 1.26 bits per heavy atom. The van der Waals surface area contributed by atoms with Crippen LogP contribution in [0.2, 0.25) is 0 Å². The van der Waals surface area contributed by atoms with Crippen LogP contribution in [0.1, 0.15) is 0 Å². The molecular formula is C8H6F4O5S2. The highest BCUT2D eigenvalue weighted by atomic mass is 32.2. The molecule has 0 heterocycles. The number of rotatable bonds is 4. The van der Waals surface area contributed by atoms with Gasteiger partial charge < -0.3 is 0 Å². The molecule has 0 aromatic heterocycles. The van der Waals surface area contributed by atoms with E-state index in [1.165, 1.54) is 6.07 Å². The fourth-order valence-corrected chi connectivity index (χ4v) is 3.12. The SMILES string of the molecule is O=S(=O)(O)C(F)(F)C(F)(F)S(=O)(=O)c1ccccc1. The van der Waals surface area contributed by atoms with E-state index >= 15 is 0 Å². The normalized spacial score (nSPS) is 14.4. The summed E-state index contributed by atoms with van der Waals surface area (Å²) in [5, 5.41) is -12.2. The molecule has 0 saturated heterocycles. The van der Waals surface area contributed by atoms with Crippen LogP contribution in [0, 0.1) is 0 Å². The van der Waals surface area contributed by atoms with Gasteiger partial charge in [0.05, 0.1) is 4.90 Å². The Labute approximate surface area is 105 Å². The third kappa shape index (κ3) is 2.32. The van der Waals surface area contributed by atoms with Crippen molar-refractivity contribution in [3.63, 3.8) is 0 Å². The van der Waals surface area contributed by atoms with E-state index in [9.17, 15) is 34.4 Å². The third-order valence-electron chi connectivity index (χ3n) is 2.05. The van der Waals surface area contributed by atoms with E-state index in [4.69, 9.17) is 4.55 Å². The minimum Gasteiger partial charge on any atom is -0.281 e. The van der Waals surface area contributed by atoms with Gasteiger partial charge in [-0.05, 0) is 12.1 Å². The van der Waals surface area contributed by atoms with Gasteiger partial charge in [0.1, 0.15) is 0 Å². The summed E-state index contributed by atoms with van der Waals surface area (Å²) in [6, 6.07) is 4.37. The summed E-state index contributed by atoms with van der Waals surface area (Å²) in [5.74, 6) is 0. The second-order valence-electron chi connectivity index (χ2n) is 3.33. The lowest BCUT2D eigenvalue weighted by Crippen LogP contribution is -2.51. The number of alkyl halides is 4. The summed E-state index contributed by atoms with van der Waals surface area (Å²) in [5.41, 5.74) is 0. The Kier molecular flexibility index (Phi) is 3.69. The molecule has 0 unspecified atom stereocenters. The van der Waals surface area contributed by atoms with E-state index in [1.807, 2.05) is 0 Å². The van der Waals surface area contributed by atoms with Crippen LogP contribution in [0.3, 0.4) is 0 Å². The first kappa shape index (κ1) is 15.9. The smallest absolute Gasteiger partial charge is 0.281 e. The summed E-state index contributed by atoms with van der Waals surface area (Å²) < 4.78 is 104. The maximum atomic E-state index is 13.3. The maximum absolute atomic E-state index is 13.3. The van der Waals surface area contributed by atoms with E-state index in [-0.39, 0.29) is 0 Å². The molecule has 0 aliphatic carbocycles. The van der Waals surface area contributed by atoms with Crippen molar-refractivity contribution in [3.8, 4) is 0 Å². The fourth-order valence-electron chi connectivity index (χ4n) is 1.05. The first-order valence-electron chi connectivity index (χ1n) is 4.38. The molecule has 0 spiro atoms. The average molecular weight is 322 g/mol. The summed E-state index contributed by atoms with van der Waals surface area (Å²) in [7, 11) is -12.6. The monoisotopic (exact) mass is 322 g/mol. The third-order valence-corrected chi connectivity index (χ3v) is 4.91. The van der Waals surface area contributed by atoms with Gasteiger partial charge in [0.15, 0.2) is 0 Å². The zero-order chi connectivity index (χ0) is 15.1. The van der Waals surface area contributed by atoms with Crippen molar-refractivity contribution in [2.45, 2.75) is 15.4 Å². The van der Waals surface area contributed by atoms with Crippen molar-refractivity contribution >= 4 is 20.0 Å². The molecule has 1 N–H and O–H groups in total. The Morgan fingerprint density at radius 3 is 1.63 bits per heavy atom. The lowest BCUT2D eigenvalue weighted by Gasteiger charge is -2.23. The number of halogens is 4. The van der Waals surface area contributed by atoms with Crippen molar-refractivity contribution in [1.29, 1.82) is 0 Å². The number of hydrogen-bond donors (Lipinski definition) is 1. The molecule has 1 rings (SSSR count). The highest BCUT2D eigenvalue weighted by Crippen LogP contribution is 2.44. The summed E-state index contributed by atoms with van der Waals surface area (Å²) in [6.45, 7) is 0. The van der Waals surface area contributed by atoms with Gasteiger partial charge in [-0.1, -0.05) is 18.2 Å². The number of benzene rings is 1. The molecule has 0 saturated carbocycles. The van der Waals surface area contributed by atoms with Crippen LogP contribution in [-0.4, -0.2) is 31.9 Å². The topological polar surface area (TPSA) is 88.5 Å². The van der Waals surface area contributed by atoms with Crippen molar-refractivity contribution in [2.75, 3.05) is 0 Å². The van der Waals surface area contributed by atoms with Crippen molar-refractivity contribution < 1.29 is 39.0 Å². The summed E-state index contributed by atoms with van der Waals surface area (Å²) >= 11 is 0. The lowest BCUT2D eigenvalue weighted by atomic mass is 10.4. The van der Waals surface area contributed by atoms with Crippen molar-refractivity contribution in [1.82, 2.24) is 0 Å². The standard InChI is InChI=1S/C8H6F4O5S2/c9-7(10,8(11,12)19(15,16)17)18(13,14)6-4-2-1-3-5-6/h1-5H,(H,15,16,17). The molecule has 0 aliphatic heterocycles. The molecule has 108 valence electrons. The summed E-state index contributed by atoms with van der Waals surface area (Å²) in [4.78, 5) is -1.21. The van der Waals surface area contributed by atoms with Gasteiger partial charge in [0.25, 0.3) is 9.84 Å². The molecule has 0 aliphatic rings. The number of sulfone groups is 1. The van der Waals surface area contributed by atoms with Crippen LogP contribution in [0.25, 0.3) is 0 Å². The van der Waals surface area contributed by atoms with Crippen LogP contribution < -0.4 is 0 Å². The first-order chi connectivity index (χ1) is 8.36. The van der Waals surface area contributed by atoms with Gasteiger partial charge >= 0.3 is 20.6 Å². The zero-order valence-electron chi connectivity index (χ0n) is 8.80. The van der Waals surface area contributed by atoms with Crippen LogP contribution in [0.15, 0.2) is 35.2 Å². The predicted octanol–water partition coefficient (Wildman–Crippen LogP) is 1.53. The van der Waals surface area contributed by atoms with Crippen molar-refractivity contribution in [2.24, 2.45) is 0 Å². The molecule has 19 heavy (non-hydrogen) atoms. The molecule has 0 bridgehead atoms. The van der Waals surface area contributed by atoms with Crippen LogP contribution in [0.4, 0.5) is 17.6 Å². The van der Waals surface area contributed by atoms with Gasteiger partial charge in [0.2, 0.25) is 0 Å².